The molecule has 0 spiro atoms. The molecule has 25 heavy (non-hydrogen) atoms. The molecule has 1 aromatic rings. The molecule has 1 saturated heterocycles. The quantitative estimate of drug-likeness (QED) is 0.551. The van der Waals surface area contributed by atoms with E-state index in [2.05, 4.69) is 57.2 Å². The Morgan fingerprint density at radius 2 is 2.08 bits per heavy atom. The van der Waals surface area contributed by atoms with Crippen LogP contribution >= 0.6 is 15.9 Å². The molecule has 4 nitrogen and oxygen atoms in total. The third-order valence-electron chi connectivity index (χ3n) is 4.30. The highest BCUT2D eigenvalue weighted by Gasteiger charge is 2.20. The molecule has 0 aromatic heterocycles. The molecule has 0 atom stereocenters. The largest absolute Gasteiger partial charge is 0.357 e. The number of rotatable bonds is 6. The number of hydrogen-bond acceptors (Lipinski definition) is 2. The van der Waals surface area contributed by atoms with Crippen molar-refractivity contribution >= 4 is 21.9 Å². The lowest BCUT2D eigenvalue weighted by Crippen LogP contribution is -2.49. The van der Waals surface area contributed by atoms with E-state index in [1.165, 1.54) is 12.6 Å². The molecule has 6 heteroatoms. The summed E-state index contributed by atoms with van der Waals surface area (Å²) in [5, 5.41) is 6.83. The van der Waals surface area contributed by atoms with Gasteiger partial charge in [0.2, 0.25) is 0 Å². The van der Waals surface area contributed by atoms with Crippen molar-refractivity contribution in [1.82, 2.24) is 15.5 Å². The number of likely N-dealkylation sites (tertiary alicyclic amines) is 1. The number of guanidine groups is 1. The average molecular weight is 413 g/mol. The number of nitrogens with zero attached hydrogens (tertiary/aromatic N) is 2. The van der Waals surface area contributed by atoms with Crippen LogP contribution in [-0.2, 0) is 6.54 Å². The molecular formula is C19H30BrFN4. The Kier molecular flexibility index (Phi) is 8.16. The Morgan fingerprint density at radius 3 is 2.68 bits per heavy atom. The minimum Gasteiger partial charge on any atom is -0.357 e. The summed E-state index contributed by atoms with van der Waals surface area (Å²) in [6.45, 7) is 11.3. The fourth-order valence-corrected chi connectivity index (χ4v) is 3.34. The van der Waals surface area contributed by atoms with Crippen molar-refractivity contribution in [2.45, 2.75) is 46.2 Å². The average Bonchev–Trinajstić information content (AvgIpc) is 2.57. The van der Waals surface area contributed by atoms with Gasteiger partial charge >= 0.3 is 0 Å². The van der Waals surface area contributed by atoms with Crippen LogP contribution in [0.5, 0.6) is 0 Å². The number of piperidine rings is 1. The fourth-order valence-electron chi connectivity index (χ4n) is 3.10. The Labute approximate surface area is 159 Å². The van der Waals surface area contributed by atoms with Gasteiger partial charge in [0.25, 0.3) is 0 Å². The van der Waals surface area contributed by atoms with Crippen molar-refractivity contribution < 1.29 is 4.39 Å². The molecule has 1 aliphatic heterocycles. The summed E-state index contributed by atoms with van der Waals surface area (Å²) >= 11 is 3.18. The van der Waals surface area contributed by atoms with Crippen molar-refractivity contribution in [2.75, 3.05) is 26.2 Å². The number of halogens is 2. The van der Waals surface area contributed by atoms with Gasteiger partial charge in [-0.3, -0.25) is 0 Å². The van der Waals surface area contributed by atoms with Gasteiger partial charge in [-0.15, -0.1) is 0 Å². The zero-order valence-corrected chi connectivity index (χ0v) is 17.1. The molecule has 2 rings (SSSR count). The van der Waals surface area contributed by atoms with Crippen LogP contribution in [0.15, 0.2) is 27.7 Å². The van der Waals surface area contributed by atoms with Gasteiger partial charge in [0, 0.05) is 32.2 Å². The predicted molar refractivity (Wildman–Crippen MR) is 106 cm³/mol. The standard InChI is InChI=1S/C19H30BrFN4/c1-4-22-19(23-12-15-5-6-17(20)18(21)11-15)24-16-7-9-25(10-8-16)13-14(2)3/h5-6,11,14,16H,4,7-10,12-13H2,1-3H3,(H2,22,23,24). The first-order valence-corrected chi connectivity index (χ1v) is 9.98. The van der Waals surface area contributed by atoms with Gasteiger partial charge in [0.1, 0.15) is 5.82 Å². The number of nitrogens with one attached hydrogen (secondary N) is 2. The highest BCUT2D eigenvalue weighted by Crippen LogP contribution is 2.17. The molecule has 0 radical (unpaired) electrons. The Bertz CT molecular complexity index is 569. The topological polar surface area (TPSA) is 39.7 Å². The first-order valence-electron chi connectivity index (χ1n) is 9.19. The van der Waals surface area contributed by atoms with Crippen molar-refractivity contribution in [3.63, 3.8) is 0 Å². The van der Waals surface area contributed by atoms with Crippen molar-refractivity contribution in [3.8, 4) is 0 Å². The zero-order chi connectivity index (χ0) is 18.2. The van der Waals surface area contributed by atoms with E-state index in [4.69, 9.17) is 0 Å². The SMILES string of the molecule is CCNC(=NCc1ccc(Br)c(F)c1)NC1CCN(CC(C)C)CC1. The molecule has 140 valence electrons. The fraction of sp³-hybridized carbons (Fsp3) is 0.632. The summed E-state index contributed by atoms with van der Waals surface area (Å²) in [7, 11) is 0. The first kappa shape index (κ1) is 20.2. The molecule has 0 saturated carbocycles. The van der Waals surface area contributed by atoms with Crippen LogP contribution in [0.3, 0.4) is 0 Å². The van der Waals surface area contributed by atoms with E-state index in [0.717, 1.165) is 49.9 Å². The number of aliphatic imine (C=N–C) groups is 1. The van der Waals surface area contributed by atoms with E-state index >= 15 is 0 Å². The molecule has 0 unspecified atom stereocenters. The van der Waals surface area contributed by atoms with E-state index in [-0.39, 0.29) is 5.82 Å². The summed E-state index contributed by atoms with van der Waals surface area (Å²) < 4.78 is 14.1. The van der Waals surface area contributed by atoms with Gasteiger partial charge in [0.05, 0.1) is 11.0 Å². The lowest BCUT2D eigenvalue weighted by Gasteiger charge is -2.34. The van der Waals surface area contributed by atoms with E-state index in [0.29, 0.717) is 17.1 Å². The van der Waals surface area contributed by atoms with E-state index < -0.39 is 0 Å². The molecule has 1 aromatic carbocycles. The van der Waals surface area contributed by atoms with Gasteiger partial charge in [0.15, 0.2) is 5.96 Å². The van der Waals surface area contributed by atoms with Crippen LogP contribution in [0.25, 0.3) is 0 Å². The van der Waals surface area contributed by atoms with Gasteiger partial charge in [-0.25, -0.2) is 9.38 Å². The highest BCUT2D eigenvalue weighted by molar-refractivity contribution is 9.10. The van der Waals surface area contributed by atoms with Crippen molar-refractivity contribution in [3.05, 3.63) is 34.1 Å². The molecule has 2 N–H and O–H groups in total. The second-order valence-corrected chi connectivity index (χ2v) is 7.91. The highest BCUT2D eigenvalue weighted by atomic mass is 79.9. The van der Waals surface area contributed by atoms with Crippen molar-refractivity contribution in [2.24, 2.45) is 10.9 Å². The molecule has 1 aliphatic rings. The predicted octanol–water partition coefficient (Wildman–Crippen LogP) is 3.76. The van der Waals surface area contributed by atoms with Crippen LogP contribution in [0.2, 0.25) is 0 Å². The van der Waals surface area contributed by atoms with Crippen LogP contribution in [0.4, 0.5) is 4.39 Å². The van der Waals surface area contributed by atoms with Crippen molar-refractivity contribution in [1.29, 1.82) is 0 Å². The van der Waals surface area contributed by atoms with Gasteiger partial charge in [-0.1, -0.05) is 19.9 Å². The monoisotopic (exact) mass is 412 g/mol. The first-order chi connectivity index (χ1) is 12.0. The smallest absolute Gasteiger partial charge is 0.191 e. The molecule has 0 aliphatic carbocycles. The summed E-state index contributed by atoms with van der Waals surface area (Å²) in [4.78, 5) is 7.15. The molecule has 0 amide bonds. The lowest BCUT2D eigenvalue weighted by molar-refractivity contribution is 0.187. The van der Waals surface area contributed by atoms with Gasteiger partial charge < -0.3 is 15.5 Å². The summed E-state index contributed by atoms with van der Waals surface area (Å²) in [6.07, 6.45) is 2.26. The third-order valence-corrected chi connectivity index (χ3v) is 4.94. The van der Waals surface area contributed by atoms with Crippen LogP contribution in [-0.4, -0.2) is 43.1 Å². The number of hydrogen-bond donors (Lipinski definition) is 2. The second-order valence-electron chi connectivity index (χ2n) is 7.06. The maximum Gasteiger partial charge on any atom is 0.191 e. The summed E-state index contributed by atoms with van der Waals surface area (Å²) in [5.41, 5.74) is 0.865. The van der Waals surface area contributed by atoms with Crippen LogP contribution < -0.4 is 10.6 Å². The Balaban J connectivity index is 1.88. The van der Waals surface area contributed by atoms with E-state index in [1.807, 2.05) is 6.07 Å². The zero-order valence-electron chi connectivity index (χ0n) is 15.5. The van der Waals surface area contributed by atoms with Gasteiger partial charge in [-0.2, -0.15) is 0 Å². The van der Waals surface area contributed by atoms with Crippen LogP contribution in [0.1, 0.15) is 39.2 Å². The Hall–Kier alpha value is -1.14. The maximum atomic E-state index is 13.6. The third kappa shape index (κ3) is 6.94. The molecule has 1 heterocycles. The minimum absolute atomic E-state index is 0.247. The minimum atomic E-state index is -0.247. The summed E-state index contributed by atoms with van der Waals surface area (Å²) in [6, 6.07) is 5.60. The van der Waals surface area contributed by atoms with E-state index in [9.17, 15) is 4.39 Å². The van der Waals surface area contributed by atoms with Gasteiger partial charge in [-0.05, 0) is 59.3 Å². The lowest BCUT2D eigenvalue weighted by atomic mass is 10.0. The molecule has 1 fully saturated rings. The normalized spacial score (nSPS) is 17.1. The van der Waals surface area contributed by atoms with Crippen LogP contribution in [0, 0.1) is 11.7 Å². The Morgan fingerprint density at radius 1 is 1.36 bits per heavy atom. The second kappa shape index (κ2) is 10.1. The molecule has 0 bridgehead atoms. The molecular weight excluding hydrogens is 383 g/mol. The maximum absolute atomic E-state index is 13.6. The van der Waals surface area contributed by atoms with E-state index in [1.54, 1.807) is 6.07 Å². The number of benzene rings is 1. The summed E-state index contributed by atoms with van der Waals surface area (Å²) in [5.74, 6) is 1.28.